The van der Waals surface area contributed by atoms with E-state index in [2.05, 4.69) is 25.6 Å². The SMILES string of the molecule is Cc1cc(NS(=O)(=O)c2c[nH]c(CN)c2)cc(C)c1Br. The molecule has 0 fully saturated rings. The maximum Gasteiger partial charge on any atom is 0.263 e. The van der Waals surface area contributed by atoms with Gasteiger partial charge in [0, 0.05) is 28.6 Å². The lowest BCUT2D eigenvalue weighted by atomic mass is 10.1. The highest BCUT2D eigenvalue weighted by Gasteiger charge is 2.16. The van der Waals surface area contributed by atoms with Gasteiger partial charge in [-0.15, -0.1) is 0 Å². The standard InChI is InChI=1S/C13H16BrN3O2S/c1-8-3-10(4-9(2)13(8)14)17-20(18,19)12-5-11(6-15)16-7-12/h3-5,7,16-17H,6,15H2,1-2H3. The summed E-state index contributed by atoms with van der Waals surface area (Å²) in [6.07, 6.45) is 1.43. The Morgan fingerprint density at radius 2 is 1.85 bits per heavy atom. The minimum absolute atomic E-state index is 0.177. The summed E-state index contributed by atoms with van der Waals surface area (Å²) in [5.74, 6) is 0. The van der Waals surface area contributed by atoms with E-state index < -0.39 is 10.0 Å². The number of H-pyrrole nitrogens is 1. The summed E-state index contributed by atoms with van der Waals surface area (Å²) >= 11 is 3.45. The van der Waals surface area contributed by atoms with Gasteiger partial charge in [-0.3, -0.25) is 4.72 Å². The topological polar surface area (TPSA) is 88.0 Å². The molecule has 1 heterocycles. The highest BCUT2D eigenvalue weighted by molar-refractivity contribution is 9.10. The number of aromatic amines is 1. The number of sulfonamides is 1. The van der Waals surface area contributed by atoms with Crippen molar-refractivity contribution in [3.8, 4) is 0 Å². The fraction of sp³-hybridized carbons (Fsp3) is 0.231. The molecule has 2 aromatic rings. The molecule has 0 radical (unpaired) electrons. The number of aryl methyl sites for hydroxylation is 2. The number of halogens is 1. The highest BCUT2D eigenvalue weighted by Crippen LogP contribution is 2.26. The number of nitrogens with two attached hydrogens (primary N) is 1. The summed E-state index contributed by atoms with van der Waals surface area (Å²) in [7, 11) is -3.60. The number of rotatable bonds is 4. The zero-order valence-electron chi connectivity index (χ0n) is 11.2. The lowest BCUT2D eigenvalue weighted by Crippen LogP contribution is -2.12. The summed E-state index contributed by atoms with van der Waals surface area (Å²) in [6.45, 7) is 4.10. The van der Waals surface area contributed by atoms with Gasteiger partial charge in [-0.1, -0.05) is 15.9 Å². The first-order valence-electron chi connectivity index (χ1n) is 6.00. The van der Waals surface area contributed by atoms with Crippen LogP contribution in [0.1, 0.15) is 16.8 Å². The van der Waals surface area contributed by atoms with Gasteiger partial charge < -0.3 is 10.7 Å². The van der Waals surface area contributed by atoms with Crippen molar-refractivity contribution < 1.29 is 8.42 Å². The first-order chi connectivity index (χ1) is 9.33. The van der Waals surface area contributed by atoms with Crippen molar-refractivity contribution in [1.82, 2.24) is 4.98 Å². The second-order valence-corrected chi connectivity index (χ2v) is 7.07. The Morgan fingerprint density at radius 3 is 2.35 bits per heavy atom. The molecule has 1 aromatic heterocycles. The van der Waals surface area contributed by atoms with Crippen LogP contribution in [0.15, 0.2) is 33.8 Å². The molecule has 0 bridgehead atoms. The molecule has 0 saturated carbocycles. The smallest absolute Gasteiger partial charge is 0.263 e. The lowest BCUT2D eigenvalue weighted by Gasteiger charge is -2.10. The average molecular weight is 358 g/mol. The molecule has 7 heteroatoms. The van der Waals surface area contributed by atoms with Gasteiger partial charge in [-0.25, -0.2) is 8.42 Å². The van der Waals surface area contributed by atoms with Crippen molar-refractivity contribution >= 4 is 31.6 Å². The molecule has 0 spiro atoms. The van der Waals surface area contributed by atoms with E-state index in [1.165, 1.54) is 12.3 Å². The minimum atomic E-state index is -3.60. The van der Waals surface area contributed by atoms with Gasteiger partial charge in [0.05, 0.1) is 0 Å². The van der Waals surface area contributed by atoms with Crippen molar-refractivity contribution in [2.75, 3.05) is 4.72 Å². The van der Waals surface area contributed by atoms with Crippen molar-refractivity contribution in [1.29, 1.82) is 0 Å². The van der Waals surface area contributed by atoms with Crippen LogP contribution in [0.25, 0.3) is 0 Å². The molecule has 0 aliphatic heterocycles. The number of anilines is 1. The van der Waals surface area contributed by atoms with Crippen molar-refractivity contribution in [3.05, 3.63) is 45.7 Å². The fourth-order valence-electron chi connectivity index (χ4n) is 1.91. The maximum absolute atomic E-state index is 12.3. The van der Waals surface area contributed by atoms with E-state index in [1.807, 2.05) is 13.8 Å². The van der Waals surface area contributed by atoms with Gasteiger partial charge in [0.2, 0.25) is 0 Å². The molecule has 20 heavy (non-hydrogen) atoms. The van der Waals surface area contributed by atoms with Gasteiger partial charge in [0.15, 0.2) is 0 Å². The van der Waals surface area contributed by atoms with E-state index in [0.29, 0.717) is 11.4 Å². The molecule has 0 amide bonds. The third kappa shape index (κ3) is 3.05. The molecule has 0 aliphatic rings. The summed E-state index contributed by atoms with van der Waals surface area (Å²) < 4.78 is 28.1. The van der Waals surface area contributed by atoms with Crippen molar-refractivity contribution in [3.63, 3.8) is 0 Å². The number of aromatic nitrogens is 1. The van der Waals surface area contributed by atoms with E-state index in [-0.39, 0.29) is 11.4 Å². The normalized spacial score (nSPS) is 11.6. The van der Waals surface area contributed by atoms with Crippen LogP contribution in [0.4, 0.5) is 5.69 Å². The predicted molar refractivity (Wildman–Crippen MR) is 83.1 cm³/mol. The Bertz CT molecular complexity index is 715. The van der Waals surface area contributed by atoms with Crippen LogP contribution in [-0.2, 0) is 16.6 Å². The Morgan fingerprint density at radius 1 is 1.25 bits per heavy atom. The first kappa shape index (κ1) is 15.1. The summed E-state index contributed by atoms with van der Waals surface area (Å²) in [5.41, 5.74) is 8.62. The first-order valence-corrected chi connectivity index (χ1v) is 8.28. The van der Waals surface area contributed by atoms with Gasteiger partial charge in [-0.05, 0) is 43.2 Å². The van der Waals surface area contributed by atoms with Crippen LogP contribution in [0.2, 0.25) is 0 Å². The van der Waals surface area contributed by atoms with Gasteiger partial charge in [-0.2, -0.15) is 0 Å². The van der Waals surface area contributed by atoms with E-state index >= 15 is 0 Å². The average Bonchev–Trinajstić information content (AvgIpc) is 2.85. The van der Waals surface area contributed by atoms with Gasteiger partial charge in [0.25, 0.3) is 10.0 Å². The number of hydrogen-bond donors (Lipinski definition) is 3. The number of nitrogens with one attached hydrogen (secondary N) is 2. The third-order valence-corrected chi connectivity index (χ3v) is 5.55. The van der Waals surface area contributed by atoms with Crippen LogP contribution >= 0.6 is 15.9 Å². The molecular weight excluding hydrogens is 342 g/mol. The van der Waals surface area contributed by atoms with E-state index in [4.69, 9.17) is 5.73 Å². The molecule has 4 N–H and O–H groups in total. The molecule has 0 atom stereocenters. The van der Waals surface area contributed by atoms with Crippen LogP contribution in [0.5, 0.6) is 0 Å². The monoisotopic (exact) mass is 357 g/mol. The summed E-state index contributed by atoms with van der Waals surface area (Å²) in [5, 5.41) is 0. The minimum Gasteiger partial charge on any atom is -0.363 e. The number of benzene rings is 1. The second kappa shape index (κ2) is 5.59. The van der Waals surface area contributed by atoms with Crippen LogP contribution in [0.3, 0.4) is 0 Å². The largest absolute Gasteiger partial charge is 0.363 e. The quantitative estimate of drug-likeness (QED) is 0.785. The predicted octanol–water partition coefficient (Wildman–Crippen LogP) is 2.65. The molecular formula is C13H16BrN3O2S. The van der Waals surface area contributed by atoms with E-state index in [1.54, 1.807) is 12.1 Å². The zero-order chi connectivity index (χ0) is 14.9. The fourth-order valence-corrected chi connectivity index (χ4v) is 3.20. The lowest BCUT2D eigenvalue weighted by molar-refractivity contribution is 0.601. The van der Waals surface area contributed by atoms with E-state index in [0.717, 1.165) is 15.6 Å². The van der Waals surface area contributed by atoms with E-state index in [9.17, 15) is 8.42 Å². The maximum atomic E-state index is 12.3. The van der Waals surface area contributed by atoms with Crippen LogP contribution in [0, 0.1) is 13.8 Å². The molecule has 108 valence electrons. The molecule has 0 saturated heterocycles. The Kier molecular flexibility index (Phi) is 4.22. The van der Waals surface area contributed by atoms with Gasteiger partial charge in [0.1, 0.15) is 4.90 Å². The summed E-state index contributed by atoms with van der Waals surface area (Å²) in [6, 6.07) is 5.09. The Hall–Kier alpha value is -1.31. The third-order valence-electron chi connectivity index (χ3n) is 2.94. The molecule has 5 nitrogen and oxygen atoms in total. The molecule has 0 unspecified atom stereocenters. The molecule has 0 aliphatic carbocycles. The Labute approximate surface area is 126 Å². The van der Waals surface area contributed by atoms with Crippen LogP contribution < -0.4 is 10.5 Å². The van der Waals surface area contributed by atoms with Gasteiger partial charge >= 0.3 is 0 Å². The summed E-state index contributed by atoms with van der Waals surface area (Å²) in [4.78, 5) is 3.00. The zero-order valence-corrected chi connectivity index (χ0v) is 13.6. The second-order valence-electron chi connectivity index (χ2n) is 4.59. The van der Waals surface area contributed by atoms with Crippen molar-refractivity contribution in [2.45, 2.75) is 25.3 Å². The molecule has 2 rings (SSSR count). The van der Waals surface area contributed by atoms with Crippen LogP contribution in [-0.4, -0.2) is 13.4 Å². The number of hydrogen-bond acceptors (Lipinski definition) is 3. The molecule has 1 aromatic carbocycles. The Balaban J connectivity index is 2.33. The van der Waals surface area contributed by atoms with Crippen molar-refractivity contribution in [2.24, 2.45) is 5.73 Å². The highest BCUT2D eigenvalue weighted by atomic mass is 79.9.